The number of hydrogen-bond donors (Lipinski definition) is 1. The van der Waals surface area contributed by atoms with Gasteiger partial charge < -0.3 is 4.42 Å². The van der Waals surface area contributed by atoms with Gasteiger partial charge >= 0.3 is 0 Å². The minimum Gasteiger partial charge on any atom is -0.454 e. The molecule has 39 heavy (non-hydrogen) atoms. The van der Waals surface area contributed by atoms with Gasteiger partial charge in [-0.2, -0.15) is 5.10 Å². The number of hydrogen-bond acceptors (Lipinski definition) is 5. The minimum absolute atomic E-state index is 0.000612. The maximum Gasteiger partial charge on any atom is 0.279 e. The van der Waals surface area contributed by atoms with Crippen LogP contribution in [0, 0.1) is 10.1 Å². The summed E-state index contributed by atoms with van der Waals surface area (Å²) in [6.07, 6.45) is 3.58. The Morgan fingerprint density at radius 3 is 2.18 bits per heavy atom. The average Bonchev–Trinajstić information content (AvgIpc) is 3.69. The standard InChI is InChI=1S/C30H21N5O4/c1-20-26(30(36)34(31-20)24-10-6-3-7-11-24)18-22-19-33(23-8-4-2-5-9-23)32-29(22)28-17-16-27(39-28)21-12-14-25(15-13-21)35(37)38/h2-19,31H,1H2/b26-18-. The van der Waals surface area contributed by atoms with Crippen LogP contribution in [-0.4, -0.2) is 24.5 Å². The molecule has 0 aliphatic heterocycles. The van der Waals surface area contributed by atoms with Crippen LogP contribution in [-0.2, 0) is 0 Å². The van der Waals surface area contributed by atoms with E-state index in [-0.39, 0.29) is 11.2 Å². The molecule has 0 bridgehead atoms. The van der Waals surface area contributed by atoms with E-state index >= 15 is 0 Å². The molecule has 1 N–H and O–H groups in total. The Labute approximate surface area is 221 Å². The molecular formula is C30H21N5O4. The molecule has 0 fully saturated rings. The van der Waals surface area contributed by atoms with E-state index in [1.165, 1.54) is 16.8 Å². The number of aromatic nitrogens is 4. The lowest BCUT2D eigenvalue weighted by Crippen LogP contribution is -2.33. The lowest BCUT2D eigenvalue weighted by molar-refractivity contribution is -0.384. The number of para-hydroxylation sites is 2. The number of benzene rings is 3. The fourth-order valence-electron chi connectivity index (χ4n) is 4.32. The Morgan fingerprint density at radius 2 is 1.51 bits per heavy atom. The van der Waals surface area contributed by atoms with E-state index in [1.54, 1.807) is 35.0 Å². The first-order chi connectivity index (χ1) is 19.0. The van der Waals surface area contributed by atoms with Crippen LogP contribution in [0.15, 0.2) is 112 Å². The topological polar surface area (TPSA) is 112 Å². The highest BCUT2D eigenvalue weighted by Gasteiger charge is 2.17. The molecule has 0 spiro atoms. The second kappa shape index (κ2) is 9.64. The predicted octanol–water partition coefficient (Wildman–Crippen LogP) is 4.43. The Morgan fingerprint density at radius 1 is 0.872 bits per heavy atom. The molecule has 3 heterocycles. The Kier molecular flexibility index (Phi) is 5.85. The summed E-state index contributed by atoms with van der Waals surface area (Å²) in [6, 6.07) is 28.6. The van der Waals surface area contributed by atoms with E-state index in [0.717, 1.165) is 5.69 Å². The first-order valence-corrected chi connectivity index (χ1v) is 12.1. The summed E-state index contributed by atoms with van der Waals surface area (Å²) in [5, 5.41) is 19.7. The van der Waals surface area contributed by atoms with Crippen LogP contribution in [0.25, 0.3) is 46.8 Å². The van der Waals surface area contributed by atoms with E-state index in [0.29, 0.717) is 44.6 Å². The van der Waals surface area contributed by atoms with Gasteiger partial charge in [0.2, 0.25) is 0 Å². The number of nitrogens with zero attached hydrogens (tertiary/aromatic N) is 4. The number of furan rings is 1. The molecule has 0 atom stereocenters. The van der Waals surface area contributed by atoms with Gasteiger partial charge in [-0.1, -0.05) is 43.0 Å². The van der Waals surface area contributed by atoms with Gasteiger partial charge in [0.05, 0.1) is 26.9 Å². The second-order valence-electron chi connectivity index (χ2n) is 8.81. The van der Waals surface area contributed by atoms with Crippen molar-refractivity contribution in [3.8, 4) is 34.2 Å². The molecule has 9 nitrogen and oxygen atoms in total. The van der Waals surface area contributed by atoms with Crippen LogP contribution in [0.2, 0.25) is 0 Å². The van der Waals surface area contributed by atoms with E-state index in [2.05, 4.69) is 11.7 Å². The zero-order valence-electron chi connectivity index (χ0n) is 20.5. The molecule has 0 radical (unpaired) electrons. The van der Waals surface area contributed by atoms with Gasteiger partial charge in [0.25, 0.3) is 11.2 Å². The maximum absolute atomic E-state index is 13.3. The van der Waals surface area contributed by atoms with Crippen molar-refractivity contribution < 1.29 is 9.34 Å². The molecule has 190 valence electrons. The molecule has 3 aromatic heterocycles. The van der Waals surface area contributed by atoms with Crippen LogP contribution in [0.5, 0.6) is 0 Å². The van der Waals surface area contributed by atoms with E-state index in [4.69, 9.17) is 9.52 Å². The summed E-state index contributed by atoms with van der Waals surface area (Å²) in [4.78, 5) is 23.9. The van der Waals surface area contributed by atoms with Crippen molar-refractivity contribution in [3.05, 3.63) is 140 Å². The van der Waals surface area contributed by atoms with Crippen LogP contribution < -0.4 is 16.1 Å². The summed E-state index contributed by atoms with van der Waals surface area (Å²) in [7, 11) is 0. The van der Waals surface area contributed by atoms with Gasteiger partial charge in [-0.15, -0.1) is 0 Å². The largest absolute Gasteiger partial charge is 0.454 e. The number of aromatic amines is 1. The van der Waals surface area contributed by atoms with Gasteiger partial charge in [0, 0.05) is 29.5 Å². The number of nitro benzene ring substituents is 1. The van der Waals surface area contributed by atoms with Crippen molar-refractivity contribution in [2.45, 2.75) is 0 Å². The van der Waals surface area contributed by atoms with Crippen LogP contribution in [0.4, 0.5) is 5.69 Å². The minimum atomic E-state index is -0.445. The summed E-state index contributed by atoms with van der Waals surface area (Å²) >= 11 is 0. The van der Waals surface area contributed by atoms with Crippen molar-refractivity contribution in [2.75, 3.05) is 0 Å². The van der Waals surface area contributed by atoms with Crippen molar-refractivity contribution in [3.63, 3.8) is 0 Å². The highest BCUT2D eigenvalue weighted by molar-refractivity contribution is 5.71. The Balaban J connectivity index is 1.48. The van der Waals surface area contributed by atoms with E-state index in [1.807, 2.05) is 66.9 Å². The lowest BCUT2D eigenvalue weighted by atomic mass is 10.1. The summed E-state index contributed by atoms with van der Waals surface area (Å²) < 4.78 is 9.32. The normalized spacial score (nSPS) is 11.6. The number of nitrogens with one attached hydrogen (secondary N) is 1. The fourth-order valence-corrected chi connectivity index (χ4v) is 4.32. The number of nitro groups is 1. The lowest BCUT2D eigenvalue weighted by Gasteiger charge is -1.99. The highest BCUT2D eigenvalue weighted by Crippen LogP contribution is 2.31. The van der Waals surface area contributed by atoms with Gasteiger partial charge in [-0.25, -0.2) is 9.36 Å². The third-order valence-electron chi connectivity index (χ3n) is 6.28. The van der Waals surface area contributed by atoms with E-state index < -0.39 is 4.92 Å². The third kappa shape index (κ3) is 4.49. The number of H-pyrrole nitrogens is 1. The molecule has 0 unspecified atom stereocenters. The first kappa shape index (κ1) is 23.7. The second-order valence-corrected chi connectivity index (χ2v) is 8.81. The van der Waals surface area contributed by atoms with Crippen molar-refractivity contribution in [1.82, 2.24) is 19.6 Å². The monoisotopic (exact) mass is 515 g/mol. The van der Waals surface area contributed by atoms with E-state index in [9.17, 15) is 14.9 Å². The number of rotatable bonds is 6. The third-order valence-corrected chi connectivity index (χ3v) is 6.28. The molecule has 6 rings (SSSR count). The molecular weight excluding hydrogens is 494 g/mol. The molecule has 0 amide bonds. The van der Waals surface area contributed by atoms with Crippen molar-refractivity contribution in [2.24, 2.45) is 0 Å². The quantitative estimate of drug-likeness (QED) is 0.261. The van der Waals surface area contributed by atoms with Gasteiger partial charge in [0.15, 0.2) is 5.76 Å². The zero-order chi connectivity index (χ0) is 26.9. The molecule has 0 aliphatic carbocycles. The number of non-ortho nitro benzene ring substituents is 1. The van der Waals surface area contributed by atoms with Crippen LogP contribution in [0.3, 0.4) is 0 Å². The molecule has 3 aromatic carbocycles. The average molecular weight is 516 g/mol. The van der Waals surface area contributed by atoms with Gasteiger partial charge in [0.1, 0.15) is 11.5 Å². The Hall–Kier alpha value is -5.70. The first-order valence-electron chi connectivity index (χ1n) is 12.1. The fraction of sp³-hybridized carbons (Fsp3) is 0. The van der Waals surface area contributed by atoms with Crippen molar-refractivity contribution in [1.29, 1.82) is 0 Å². The predicted molar refractivity (Wildman–Crippen MR) is 148 cm³/mol. The zero-order valence-corrected chi connectivity index (χ0v) is 20.5. The SMILES string of the molecule is C=c1[nH]n(-c2ccccc2)c(=O)/c1=C\c1cn(-c2ccccc2)nc1-c1ccc(-c2ccc([N+](=O)[O-])cc2)o1. The summed E-state index contributed by atoms with van der Waals surface area (Å²) in [5.74, 6) is 1.01. The smallest absolute Gasteiger partial charge is 0.279 e. The molecule has 0 saturated heterocycles. The van der Waals surface area contributed by atoms with Crippen molar-refractivity contribution >= 4 is 18.3 Å². The summed E-state index contributed by atoms with van der Waals surface area (Å²) in [5.41, 5.74) is 3.17. The van der Waals surface area contributed by atoms with Gasteiger partial charge in [-0.05, 0) is 54.6 Å². The summed E-state index contributed by atoms with van der Waals surface area (Å²) in [6.45, 7) is 4.05. The van der Waals surface area contributed by atoms with Gasteiger partial charge in [-0.3, -0.25) is 20.0 Å². The molecule has 9 heteroatoms. The maximum atomic E-state index is 13.3. The highest BCUT2D eigenvalue weighted by atomic mass is 16.6. The van der Waals surface area contributed by atoms with Crippen LogP contribution >= 0.6 is 0 Å². The van der Waals surface area contributed by atoms with Crippen LogP contribution in [0.1, 0.15) is 5.56 Å². The molecule has 0 aliphatic rings. The molecule has 6 aromatic rings. The Bertz CT molecular complexity index is 1970. The molecule has 0 saturated carbocycles.